The van der Waals surface area contributed by atoms with Crippen LogP contribution in [-0.2, 0) is 0 Å². The third-order valence-electron chi connectivity index (χ3n) is 4.14. The second kappa shape index (κ2) is 11.2. The number of hydrogen-bond acceptors (Lipinski definition) is 3. The summed E-state index contributed by atoms with van der Waals surface area (Å²) >= 11 is 0. The van der Waals surface area contributed by atoms with Crippen LogP contribution < -0.4 is 15.5 Å². The second-order valence-corrected chi connectivity index (χ2v) is 6.18. The SMILES string of the molecule is CCNC(=NCCC(F)(F)F)NC1CCCN(c2ccccc2C#N)C1.I. The van der Waals surface area contributed by atoms with Crippen molar-refractivity contribution in [2.24, 2.45) is 4.99 Å². The van der Waals surface area contributed by atoms with E-state index in [0.29, 0.717) is 24.6 Å². The average molecular weight is 495 g/mol. The maximum absolute atomic E-state index is 12.3. The lowest BCUT2D eigenvalue weighted by Gasteiger charge is -2.35. The first-order chi connectivity index (χ1) is 12.4. The Morgan fingerprint density at radius 1 is 1.37 bits per heavy atom. The summed E-state index contributed by atoms with van der Waals surface area (Å²) in [5, 5.41) is 15.5. The largest absolute Gasteiger partial charge is 0.390 e. The molecule has 1 saturated heterocycles. The van der Waals surface area contributed by atoms with Gasteiger partial charge in [0.1, 0.15) is 6.07 Å². The van der Waals surface area contributed by atoms with Crippen LogP contribution in [0.1, 0.15) is 31.7 Å². The lowest BCUT2D eigenvalue weighted by molar-refractivity contribution is -0.132. The van der Waals surface area contributed by atoms with E-state index in [9.17, 15) is 18.4 Å². The average Bonchev–Trinajstić information content (AvgIpc) is 2.61. The van der Waals surface area contributed by atoms with Gasteiger partial charge in [0.15, 0.2) is 5.96 Å². The molecule has 1 aliphatic heterocycles. The van der Waals surface area contributed by atoms with Crippen molar-refractivity contribution in [3.63, 3.8) is 0 Å². The Labute approximate surface area is 175 Å². The normalized spacial score (nSPS) is 17.7. The van der Waals surface area contributed by atoms with Gasteiger partial charge in [-0.05, 0) is 31.9 Å². The Bertz CT molecular complexity index is 657. The fourth-order valence-corrected chi connectivity index (χ4v) is 2.97. The molecule has 2 rings (SSSR count). The standard InChI is InChI=1S/C18H24F3N5.HI/c1-2-23-17(24-10-9-18(19,20)21)25-15-7-5-11-26(13-15)16-8-4-3-6-14(16)12-22;/h3-4,6,8,15H,2,5,7,9-11,13H2,1H3,(H2,23,24,25);1H. The summed E-state index contributed by atoms with van der Waals surface area (Å²) in [6.45, 7) is 3.66. The van der Waals surface area contributed by atoms with E-state index in [-0.39, 0.29) is 36.6 Å². The van der Waals surface area contributed by atoms with Crippen molar-refractivity contribution >= 4 is 35.6 Å². The van der Waals surface area contributed by atoms with Crippen molar-refractivity contribution in [2.45, 2.75) is 38.4 Å². The minimum absolute atomic E-state index is 0. The first kappa shape index (κ1) is 23.3. The number of para-hydroxylation sites is 1. The predicted molar refractivity (Wildman–Crippen MR) is 112 cm³/mol. The molecule has 1 aromatic carbocycles. The summed E-state index contributed by atoms with van der Waals surface area (Å²) in [6.07, 6.45) is -3.31. The molecule has 1 fully saturated rings. The van der Waals surface area contributed by atoms with Crippen LogP contribution in [0.2, 0.25) is 0 Å². The number of rotatable bonds is 5. The van der Waals surface area contributed by atoms with Crippen LogP contribution in [-0.4, -0.2) is 44.4 Å². The maximum Gasteiger partial charge on any atom is 0.390 e. The molecule has 0 bridgehead atoms. The van der Waals surface area contributed by atoms with Gasteiger partial charge in [0.25, 0.3) is 0 Å². The molecule has 0 aromatic heterocycles. The van der Waals surface area contributed by atoms with Gasteiger partial charge in [-0.2, -0.15) is 18.4 Å². The van der Waals surface area contributed by atoms with Crippen molar-refractivity contribution in [3.8, 4) is 6.07 Å². The first-order valence-electron chi connectivity index (χ1n) is 8.78. The van der Waals surface area contributed by atoms with Gasteiger partial charge in [-0.3, -0.25) is 4.99 Å². The summed E-state index contributed by atoms with van der Waals surface area (Å²) in [4.78, 5) is 6.17. The van der Waals surface area contributed by atoms with E-state index in [0.717, 1.165) is 25.1 Å². The molecule has 0 amide bonds. The van der Waals surface area contributed by atoms with Crippen molar-refractivity contribution < 1.29 is 13.2 Å². The molecule has 0 aliphatic carbocycles. The number of guanidine groups is 1. The summed E-state index contributed by atoms with van der Waals surface area (Å²) in [5.41, 5.74) is 1.51. The van der Waals surface area contributed by atoms with Crippen LogP contribution in [0.4, 0.5) is 18.9 Å². The minimum atomic E-state index is -4.20. The Morgan fingerprint density at radius 2 is 2.11 bits per heavy atom. The summed E-state index contributed by atoms with van der Waals surface area (Å²) < 4.78 is 37.0. The number of aliphatic imine (C=N–C) groups is 1. The van der Waals surface area contributed by atoms with Crippen LogP contribution in [0.5, 0.6) is 0 Å². The molecular formula is C18H25F3IN5. The van der Waals surface area contributed by atoms with Gasteiger partial charge in [-0.1, -0.05) is 12.1 Å². The number of anilines is 1. The summed E-state index contributed by atoms with van der Waals surface area (Å²) in [5.74, 6) is 0.400. The smallest absolute Gasteiger partial charge is 0.368 e. The van der Waals surface area contributed by atoms with Crippen LogP contribution in [0, 0.1) is 11.3 Å². The molecule has 27 heavy (non-hydrogen) atoms. The quantitative estimate of drug-likeness (QED) is 0.372. The number of benzene rings is 1. The van der Waals surface area contributed by atoms with Crippen LogP contribution in [0.15, 0.2) is 29.3 Å². The zero-order valence-electron chi connectivity index (χ0n) is 15.2. The lowest BCUT2D eigenvalue weighted by atomic mass is 10.0. The van der Waals surface area contributed by atoms with Crippen LogP contribution in [0.3, 0.4) is 0 Å². The molecule has 5 nitrogen and oxygen atoms in total. The second-order valence-electron chi connectivity index (χ2n) is 6.18. The van der Waals surface area contributed by atoms with Crippen LogP contribution in [0.25, 0.3) is 0 Å². The van der Waals surface area contributed by atoms with Crippen molar-refractivity contribution in [3.05, 3.63) is 29.8 Å². The van der Waals surface area contributed by atoms with Gasteiger partial charge in [0.2, 0.25) is 0 Å². The van der Waals surface area contributed by atoms with E-state index in [1.54, 1.807) is 6.07 Å². The molecule has 2 N–H and O–H groups in total. The van der Waals surface area contributed by atoms with Crippen molar-refractivity contribution in [1.29, 1.82) is 5.26 Å². The van der Waals surface area contributed by atoms with Crippen LogP contribution >= 0.6 is 24.0 Å². The molecule has 1 aromatic rings. The Kier molecular flexibility index (Phi) is 9.69. The molecule has 150 valence electrons. The topological polar surface area (TPSA) is 63.5 Å². The molecule has 0 spiro atoms. The molecule has 1 atom stereocenters. The van der Waals surface area contributed by atoms with E-state index >= 15 is 0 Å². The number of hydrogen-bond donors (Lipinski definition) is 2. The Balaban J connectivity index is 0.00000364. The lowest BCUT2D eigenvalue weighted by Crippen LogP contribution is -2.51. The molecule has 9 heteroatoms. The van der Waals surface area contributed by atoms with Gasteiger partial charge < -0.3 is 15.5 Å². The first-order valence-corrected chi connectivity index (χ1v) is 8.78. The zero-order valence-corrected chi connectivity index (χ0v) is 17.6. The van der Waals surface area contributed by atoms with E-state index in [1.807, 2.05) is 25.1 Å². The predicted octanol–water partition coefficient (Wildman–Crippen LogP) is 3.65. The fraction of sp³-hybridized carbons (Fsp3) is 0.556. The highest BCUT2D eigenvalue weighted by Gasteiger charge is 2.26. The highest BCUT2D eigenvalue weighted by atomic mass is 127. The zero-order chi connectivity index (χ0) is 19.0. The number of piperidine rings is 1. The van der Waals surface area contributed by atoms with E-state index in [2.05, 4.69) is 26.6 Å². The van der Waals surface area contributed by atoms with Gasteiger partial charge in [-0.25, -0.2) is 0 Å². The van der Waals surface area contributed by atoms with E-state index < -0.39 is 12.6 Å². The summed E-state index contributed by atoms with van der Waals surface area (Å²) in [6, 6.07) is 9.70. The molecule has 0 radical (unpaired) electrons. The van der Waals surface area contributed by atoms with Crippen molar-refractivity contribution in [2.75, 3.05) is 31.1 Å². The van der Waals surface area contributed by atoms with E-state index in [1.165, 1.54) is 0 Å². The summed E-state index contributed by atoms with van der Waals surface area (Å²) in [7, 11) is 0. The third kappa shape index (κ3) is 7.82. The number of halogens is 4. The number of nitriles is 1. The Hall–Kier alpha value is -1.70. The molecular weight excluding hydrogens is 470 g/mol. The van der Waals surface area contributed by atoms with Crippen molar-refractivity contribution in [1.82, 2.24) is 10.6 Å². The third-order valence-corrected chi connectivity index (χ3v) is 4.14. The minimum Gasteiger partial charge on any atom is -0.368 e. The number of nitrogens with zero attached hydrogens (tertiary/aromatic N) is 3. The maximum atomic E-state index is 12.3. The van der Waals surface area contributed by atoms with Gasteiger partial charge >= 0.3 is 6.18 Å². The van der Waals surface area contributed by atoms with E-state index in [4.69, 9.17) is 0 Å². The number of nitrogens with one attached hydrogen (secondary N) is 2. The molecule has 0 saturated carbocycles. The molecule has 1 unspecified atom stereocenters. The van der Waals surface area contributed by atoms with Gasteiger partial charge in [0.05, 0.1) is 24.2 Å². The van der Waals surface area contributed by atoms with Gasteiger partial charge in [-0.15, -0.1) is 24.0 Å². The molecule has 1 aliphatic rings. The highest BCUT2D eigenvalue weighted by molar-refractivity contribution is 14.0. The molecule has 1 heterocycles. The van der Waals surface area contributed by atoms with Gasteiger partial charge in [0, 0.05) is 25.7 Å². The monoisotopic (exact) mass is 495 g/mol. The number of alkyl halides is 3. The Morgan fingerprint density at radius 3 is 2.78 bits per heavy atom. The fourth-order valence-electron chi connectivity index (χ4n) is 2.97. The highest BCUT2D eigenvalue weighted by Crippen LogP contribution is 2.23.